The third kappa shape index (κ3) is 6.77. The summed E-state index contributed by atoms with van der Waals surface area (Å²) >= 11 is 0. The fourth-order valence-corrected chi connectivity index (χ4v) is 0.456. The van der Waals surface area contributed by atoms with Crippen molar-refractivity contribution < 1.29 is 62.3 Å². The van der Waals surface area contributed by atoms with Crippen LogP contribution in [0.2, 0.25) is 0 Å². The van der Waals surface area contributed by atoms with E-state index in [1.165, 1.54) is 14.0 Å². The molecule has 0 fully saturated rings. The van der Waals surface area contributed by atoms with E-state index in [-0.39, 0.29) is 63.2 Å². The van der Waals surface area contributed by atoms with Crippen molar-refractivity contribution in [1.82, 2.24) is 4.90 Å². The van der Waals surface area contributed by atoms with E-state index in [1.807, 2.05) is 0 Å². The van der Waals surface area contributed by atoms with Crippen molar-refractivity contribution in [3.8, 4) is 0 Å². The molecule has 0 unspecified atom stereocenters. The van der Waals surface area contributed by atoms with E-state index < -0.39 is 5.91 Å². The second-order valence-electron chi connectivity index (χ2n) is 1.83. The SMILES string of the molecule is [2H]C(=C)C(=O)N(C)[CH-]C(C)=O.[K+]. The van der Waals surface area contributed by atoms with Gasteiger partial charge in [0.05, 0.1) is 1.37 Å². The van der Waals surface area contributed by atoms with Gasteiger partial charge < -0.3 is 9.69 Å². The van der Waals surface area contributed by atoms with Gasteiger partial charge in [0.25, 0.3) is 0 Å². The van der Waals surface area contributed by atoms with Crippen LogP contribution in [0.15, 0.2) is 12.6 Å². The van der Waals surface area contributed by atoms with Crippen LogP contribution >= 0.6 is 0 Å². The predicted molar refractivity (Wildman–Crippen MR) is 37.9 cm³/mol. The van der Waals surface area contributed by atoms with Crippen molar-refractivity contribution in [1.29, 1.82) is 0 Å². The van der Waals surface area contributed by atoms with Crippen molar-refractivity contribution in [2.45, 2.75) is 6.92 Å². The molecule has 11 heavy (non-hydrogen) atoms. The molecule has 0 radical (unpaired) electrons. The number of rotatable bonds is 3. The van der Waals surface area contributed by atoms with Crippen LogP contribution in [0.1, 0.15) is 8.29 Å². The van der Waals surface area contributed by atoms with Crippen LogP contribution in [-0.4, -0.2) is 23.6 Å². The molecule has 0 aromatic rings. The van der Waals surface area contributed by atoms with Gasteiger partial charge >= 0.3 is 51.4 Å². The van der Waals surface area contributed by atoms with Crippen LogP contribution in [0.5, 0.6) is 0 Å². The number of ketones is 1. The van der Waals surface area contributed by atoms with E-state index in [4.69, 9.17) is 1.37 Å². The number of carbonyl (C=O) groups is 2. The van der Waals surface area contributed by atoms with E-state index in [0.717, 1.165) is 11.4 Å². The van der Waals surface area contributed by atoms with Crippen molar-refractivity contribution >= 4 is 11.7 Å². The standard InChI is InChI=1S/C7H10NO2.K/c1-4-7(10)8(3)5-6(2)9;/h4-5H,1H2,2-3H3;/q-1;+1/i4D;. The monoisotopic (exact) mass is 180 g/mol. The maximum Gasteiger partial charge on any atom is 1.00 e. The maximum atomic E-state index is 10.8. The first-order chi connectivity index (χ1) is 4.95. The van der Waals surface area contributed by atoms with E-state index in [1.54, 1.807) is 0 Å². The average Bonchev–Trinajstić information content (AvgIpc) is 1.84. The molecule has 0 aliphatic heterocycles. The summed E-state index contributed by atoms with van der Waals surface area (Å²) in [7, 11) is 1.41. The molecule has 0 spiro atoms. The van der Waals surface area contributed by atoms with Gasteiger partial charge in [0.1, 0.15) is 0 Å². The van der Waals surface area contributed by atoms with Gasteiger partial charge in [-0.2, -0.15) is 0 Å². The average molecular weight is 180 g/mol. The fourth-order valence-electron chi connectivity index (χ4n) is 0.456. The van der Waals surface area contributed by atoms with E-state index >= 15 is 0 Å². The smallest absolute Gasteiger partial charge is 0.469 e. The zero-order chi connectivity index (χ0) is 9.02. The molecule has 56 valence electrons. The molecule has 0 aromatic carbocycles. The van der Waals surface area contributed by atoms with Gasteiger partial charge in [-0.15, -0.1) is 0 Å². The Morgan fingerprint density at radius 1 is 1.73 bits per heavy atom. The summed E-state index contributed by atoms with van der Waals surface area (Å²) in [5, 5.41) is 0. The molecular formula is C7H10KNO2. The number of hydrogen-bond acceptors (Lipinski definition) is 2. The summed E-state index contributed by atoms with van der Waals surface area (Å²) in [6.07, 6.45) is 0. The first-order valence-electron chi connectivity index (χ1n) is 3.23. The first-order valence-corrected chi connectivity index (χ1v) is 2.73. The molecular weight excluding hydrogens is 169 g/mol. The quantitative estimate of drug-likeness (QED) is 0.271. The Morgan fingerprint density at radius 2 is 2.18 bits per heavy atom. The Balaban J connectivity index is 0. The molecule has 0 bridgehead atoms. The van der Waals surface area contributed by atoms with Gasteiger partial charge in [0.2, 0.25) is 5.91 Å². The molecule has 0 heterocycles. The zero-order valence-corrected chi connectivity index (χ0v) is 10.2. The molecule has 0 N–H and O–H groups in total. The zero-order valence-electron chi connectivity index (χ0n) is 8.05. The van der Waals surface area contributed by atoms with E-state index in [9.17, 15) is 9.59 Å². The van der Waals surface area contributed by atoms with Crippen LogP contribution in [0.3, 0.4) is 0 Å². The Labute approximate surface area is 111 Å². The van der Waals surface area contributed by atoms with Gasteiger partial charge in [-0.05, 0) is 20.0 Å². The topological polar surface area (TPSA) is 37.4 Å². The van der Waals surface area contributed by atoms with Gasteiger partial charge in [-0.25, -0.2) is 6.54 Å². The van der Waals surface area contributed by atoms with Crippen LogP contribution in [-0.2, 0) is 9.59 Å². The normalized spacial score (nSPS) is 8.73. The van der Waals surface area contributed by atoms with E-state index in [0.29, 0.717) is 0 Å². The summed E-state index contributed by atoms with van der Waals surface area (Å²) in [5.74, 6) is -0.803. The molecule has 0 saturated carbocycles. The Bertz CT molecular complexity index is 206. The summed E-state index contributed by atoms with van der Waals surface area (Å²) in [5.41, 5.74) is 0. The predicted octanol–water partition coefficient (Wildman–Crippen LogP) is -2.61. The minimum absolute atomic E-state index is 0. The van der Waals surface area contributed by atoms with Gasteiger partial charge in [-0.3, -0.25) is 4.79 Å². The minimum Gasteiger partial charge on any atom is -0.469 e. The van der Waals surface area contributed by atoms with Gasteiger partial charge in [0, 0.05) is 5.78 Å². The molecule has 0 aromatic heterocycles. The van der Waals surface area contributed by atoms with Crippen LogP contribution in [0.4, 0.5) is 0 Å². The van der Waals surface area contributed by atoms with Crippen molar-refractivity contribution in [2.24, 2.45) is 0 Å². The number of amides is 1. The van der Waals surface area contributed by atoms with Gasteiger partial charge in [0.15, 0.2) is 0 Å². The van der Waals surface area contributed by atoms with Crippen LogP contribution < -0.4 is 51.4 Å². The molecule has 0 rings (SSSR count). The molecule has 1 amide bonds. The molecule has 0 atom stereocenters. The maximum absolute atomic E-state index is 10.8. The largest absolute Gasteiger partial charge is 1.00 e. The fraction of sp³-hybridized carbons (Fsp3) is 0.286. The molecule has 3 nitrogen and oxygen atoms in total. The number of carbonyl (C=O) groups excluding carboxylic acids is 2. The van der Waals surface area contributed by atoms with Crippen LogP contribution in [0, 0.1) is 6.54 Å². The number of likely N-dealkylation sites (N-methyl/N-ethyl adjacent to an activating group) is 1. The first kappa shape index (κ1) is 11.4. The van der Waals surface area contributed by atoms with Gasteiger partial charge in [-0.1, -0.05) is 6.58 Å². The summed E-state index contributed by atoms with van der Waals surface area (Å²) in [4.78, 5) is 22.3. The second kappa shape index (κ2) is 7.06. The summed E-state index contributed by atoms with van der Waals surface area (Å²) in [6.45, 7) is 5.57. The Kier molecular flexibility index (Phi) is 7.31. The van der Waals surface area contributed by atoms with E-state index in [2.05, 4.69) is 6.58 Å². The number of hydrogen-bond donors (Lipinski definition) is 0. The van der Waals surface area contributed by atoms with Crippen LogP contribution in [0.25, 0.3) is 0 Å². The van der Waals surface area contributed by atoms with Crippen molar-refractivity contribution in [2.75, 3.05) is 7.05 Å². The molecule has 0 aliphatic rings. The second-order valence-corrected chi connectivity index (χ2v) is 1.83. The molecule has 4 heteroatoms. The Hall–Kier alpha value is 0.386. The summed E-state index contributed by atoms with van der Waals surface area (Å²) in [6, 6.07) is -0.329. The molecule has 0 aliphatic carbocycles. The number of nitrogens with zero attached hydrogens (tertiary/aromatic N) is 1. The summed E-state index contributed by atoms with van der Waals surface area (Å²) < 4.78 is 6.84. The third-order valence-electron chi connectivity index (χ3n) is 0.847. The van der Waals surface area contributed by atoms with Crippen molar-refractivity contribution in [3.05, 3.63) is 19.2 Å². The van der Waals surface area contributed by atoms with Crippen molar-refractivity contribution in [3.63, 3.8) is 0 Å². The Morgan fingerprint density at radius 3 is 2.45 bits per heavy atom. The number of Topliss-reactive ketones (excluding diaryl/α,β-unsaturated/α-hetero) is 1. The molecule has 0 saturated heterocycles. The third-order valence-corrected chi connectivity index (χ3v) is 0.847. The minimum atomic E-state index is -0.569.